The molecule has 1 aromatic carbocycles. The van der Waals surface area contributed by atoms with E-state index in [1.165, 1.54) is 0 Å². The summed E-state index contributed by atoms with van der Waals surface area (Å²) in [7, 11) is 0. The fourth-order valence-electron chi connectivity index (χ4n) is 2.02. The van der Waals surface area contributed by atoms with Crippen LogP contribution in [0.3, 0.4) is 0 Å². The third kappa shape index (κ3) is 3.92. The van der Waals surface area contributed by atoms with Crippen molar-refractivity contribution in [1.82, 2.24) is 5.32 Å². The molecule has 0 spiro atoms. The van der Waals surface area contributed by atoms with E-state index in [0.717, 1.165) is 18.4 Å². The van der Waals surface area contributed by atoms with Gasteiger partial charge in [-0.1, -0.05) is 6.07 Å². The van der Waals surface area contributed by atoms with Crippen LogP contribution in [-0.4, -0.2) is 17.9 Å². The van der Waals surface area contributed by atoms with Crippen LogP contribution in [0.5, 0.6) is 0 Å². The number of hydrogen-bond donors (Lipinski definition) is 2. The number of anilines is 1. The second kappa shape index (κ2) is 6.10. The van der Waals surface area contributed by atoms with Crippen LogP contribution in [0.15, 0.2) is 41.1 Å². The Morgan fingerprint density at radius 3 is 2.81 bits per heavy atom. The quantitative estimate of drug-likeness (QED) is 0.892. The minimum Gasteiger partial charge on any atom is -0.349 e. The molecule has 2 amide bonds. The van der Waals surface area contributed by atoms with E-state index in [1.807, 2.05) is 16.8 Å². The van der Waals surface area contributed by atoms with Crippen LogP contribution in [0.25, 0.3) is 0 Å². The van der Waals surface area contributed by atoms with Crippen LogP contribution in [0.2, 0.25) is 0 Å². The Kier molecular flexibility index (Phi) is 4.01. The minimum absolute atomic E-state index is 0.0758. The van der Waals surface area contributed by atoms with Gasteiger partial charge in [0.15, 0.2) is 0 Å². The SMILES string of the molecule is O=C(Cc1ccsc1)Nc1cccc(C(=O)NC2CC2)c1. The predicted octanol–water partition coefficient (Wildman–Crippen LogP) is 2.82. The standard InChI is InChI=1S/C16H16N2O2S/c19-15(8-11-6-7-21-10-11)17-14-3-1-2-12(9-14)16(20)18-13-4-5-13/h1-3,6-7,9-10,13H,4-5,8H2,(H,17,19)(H,18,20). The minimum atomic E-state index is -0.0774. The van der Waals surface area contributed by atoms with Gasteiger partial charge in [0.25, 0.3) is 5.91 Å². The maximum absolute atomic E-state index is 12.0. The molecule has 0 radical (unpaired) electrons. The first-order valence-corrected chi connectivity index (χ1v) is 7.87. The van der Waals surface area contributed by atoms with Crippen LogP contribution in [-0.2, 0) is 11.2 Å². The Balaban J connectivity index is 1.62. The Bertz CT molecular complexity index is 648. The van der Waals surface area contributed by atoms with Crippen molar-refractivity contribution in [3.63, 3.8) is 0 Å². The molecule has 1 aliphatic rings. The number of hydrogen-bond acceptors (Lipinski definition) is 3. The maximum Gasteiger partial charge on any atom is 0.251 e. The normalized spacial score (nSPS) is 13.7. The van der Waals surface area contributed by atoms with E-state index < -0.39 is 0 Å². The number of nitrogens with one attached hydrogen (secondary N) is 2. The van der Waals surface area contributed by atoms with E-state index in [1.54, 1.807) is 35.6 Å². The highest BCUT2D eigenvalue weighted by atomic mass is 32.1. The van der Waals surface area contributed by atoms with Crippen molar-refractivity contribution >= 4 is 28.8 Å². The second-order valence-electron chi connectivity index (χ2n) is 5.19. The third-order valence-electron chi connectivity index (χ3n) is 3.27. The summed E-state index contributed by atoms with van der Waals surface area (Å²) >= 11 is 1.57. The lowest BCUT2D eigenvalue weighted by Crippen LogP contribution is -2.25. The van der Waals surface area contributed by atoms with Gasteiger partial charge in [0.05, 0.1) is 6.42 Å². The molecular formula is C16H16N2O2S. The van der Waals surface area contributed by atoms with Crippen LogP contribution < -0.4 is 10.6 Å². The average molecular weight is 300 g/mol. The van der Waals surface area contributed by atoms with Gasteiger partial charge in [-0.3, -0.25) is 9.59 Å². The first kappa shape index (κ1) is 13.8. The van der Waals surface area contributed by atoms with Crippen molar-refractivity contribution in [2.24, 2.45) is 0 Å². The zero-order valence-electron chi connectivity index (χ0n) is 11.5. The summed E-state index contributed by atoms with van der Waals surface area (Å²) in [6, 6.07) is 9.30. The molecule has 1 heterocycles. The van der Waals surface area contributed by atoms with E-state index in [2.05, 4.69) is 10.6 Å². The van der Waals surface area contributed by atoms with Gasteiger partial charge < -0.3 is 10.6 Å². The van der Waals surface area contributed by atoms with Gasteiger partial charge in [0.1, 0.15) is 0 Å². The molecule has 2 aromatic rings. The molecule has 0 saturated heterocycles. The monoisotopic (exact) mass is 300 g/mol. The molecule has 1 fully saturated rings. The molecule has 108 valence electrons. The van der Waals surface area contributed by atoms with Gasteiger partial charge in [-0.05, 0) is 53.4 Å². The average Bonchev–Trinajstić information content (AvgIpc) is 3.13. The van der Waals surface area contributed by atoms with E-state index in [4.69, 9.17) is 0 Å². The van der Waals surface area contributed by atoms with Gasteiger partial charge >= 0.3 is 0 Å². The number of carbonyl (C=O) groups is 2. The molecule has 1 aliphatic carbocycles. The number of thiophene rings is 1. The molecule has 21 heavy (non-hydrogen) atoms. The van der Waals surface area contributed by atoms with Crippen molar-refractivity contribution in [2.75, 3.05) is 5.32 Å². The number of benzene rings is 1. The lowest BCUT2D eigenvalue weighted by atomic mass is 10.1. The molecule has 5 heteroatoms. The summed E-state index contributed by atoms with van der Waals surface area (Å²) in [5, 5.41) is 9.67. The van der Waals surface area contributed by atoms with E-state index in [-0.39, 0.29) is 11.8 Å². The van der Waals surface area contributed by atoms with Gasteiger partial charge in [-0.2, -0.15) is 11.3 Å². The maximum atomic E-state index is 12.0. The fourth-order valence-corrected chi connectivity index (χ4v) is 2.69. The van der Waals surface area contributed by atoms with Crippen molar-refractivity contribution in [3.05, 3.63) is 52.2 Å². The predicted molar refractivity (Wildman–Crippen MR) is 83.6 cm³/mol. The lowest BCUT2D eigenvalue weighted by molar-refractivity contribution is -0.115. The van der Waals surface area contributed by atoms with Crippen molar-refractivity contribution in [2.45, 2.75) is 25.3 Å². The van der Waals surface area contributed by atoms with E-state index in [0.29, 0.717) is 23.7 Å². The zero-order valence-corrected chi connectivity index (χ0v) is 12.3. The van der Waals surface area contributed by atoms with Crippen LogP contribution in [0.4, 0.5) is 5.69 Å². The highest BCUT2D eigenvalue weighted by Gasteiger charge is 2.23. The van der Waals surface area contributed by atoms with Crippen molar-refractivity contribution < 1.29 is 9.59 Å². The van der Waals surface area contributed by atoms with Crippen LogP contribution >= 0.6 is 11.3 Å². The molecule has 1 aromatic heterocycles. The van der Waals surface area contributed by atoms with E-state index in [9.17, 15) is 9.59 Å². The van der Waals surface area contributed by atoms with Crippen LogP contribution in [0, 0.1) is 0 Å². The second-order valence-corrected chi connectivity index (χ2v) is 5.97. The summed E-state index contributed by atoms with van der Waals surface area (Å²) in [5.74, 6) is -0.153. The Morgan fingerprint density at radius 1 is 1.24 bits per heavy atom. The topological polar surface area (TPSA) is 58.2 Å². The Labute approximate surface area is 127 Å². The summed E-state index contributed by atoms with van der Waals surface area (Å²) in [4.78, 5) is 23.9. The molecule has 3 rings (SSSR count). The third-order valence-corrected chi connectivity index (χ3v) is 4.00. The molecular weight excluding hydrogens is 284 g/mol. The lowest BCUT2D eigenvalue weighted by Gasteiger charge is -2.07. The zero-order chi connectivity index (χ0) is 14.7. The number of rotatable bonds is 5. The Morgan fingerprint density at radius 2 is 2.10 bits per heavy atom. The first-order valence-electron chi connectivity index (χ1n) is 6.92. The van der Waals surface area contributed by atoms with Gasteiger partial charge in [0, 0.05) is 17.3 Å². The smallest absolute Gasteiger partial charge is 0.251 e. The molecule has 4 nitrogen and oxygen atoms in total. The molecule has 0 aliphatic heterocycles. The summed E-state index contributed by atoms with van der Waals surface area (Å²) in [6.07, 6.45) is 2.47. The molecule has 2 N–H and O–H groups in total. The van der Waals surface area contributed by atoms with Gasteiger partial charge in [-0.25, -0.2) is 0 Å². The van der Waals surface area contributed by atoms with Gasteiger partial charge in [-0.15, -0.1) is 0 Å². The van der Waals surface area contributed by atoms with Crippen molar-refractivity contribution in [1.29, 1.82) is 0 Å². The molecule has 0 atom stereocenters. The Hall–Kier alpha value is -2.14. The van der Waals surface area contributed by atoms with Crippen LogP contribution in [0.1, 0.15) is 28.8 Å². The fraction of sp³-hybridized carbons (Fsp3) is 0.250. The largest absolute Gasteiger partial charge is 0.349 e. The summed E-state index contributed by atoms with van der Waals surface area (Å²) in [5.41, 5.74) is 2.23. The molecule has 0 bridgehead atoms. The molecule has 0 unspecified atom stereocenters. The highest BCUT2D eigenvalue weighted by Crippen LogP contribution is 2.20. The molecule has 1 saturated carbocycles. The number of amides is 2. The number of carbonyl (C=O) groups excluding carboxylic acids is 2. The van der Waals surface area contributed by atoms with E-state index >= 15 is 0 Å². The van der Waals surface area contributed by atoms with Gasteiger partial charge in [0.2, 0.25) is 5.91 Å². The van der Waals surface area contributed by atoms with Crippen molar-refractivity contribution in [3.8, 4) is 0 Å². The highest BCUT2D eigenvalue weighted by molar-refractivity contribution is 7.08. The summed E-state index contributed by atoms with van der Waals surface area (Å²) in [6.45, 7) is 0. The first-order chi connectivity index (χ1) is 10.2. The summed E-state index contributed by atoms with van der Waals surface area (Å²) < 4.78 is 0.